The van der Waals surface area contributed by atoms with Crippen LogP contribution < -0.4 is 15.4 Å². The first-order valence-electron chi connectivity index (χ1n) is 6.77. The number of carbonyl (C=O) groups is 1. The third-order valence-corrected chi connectivity index (χ3v) is 4.34. The number of nitrogens with one attached hydrogen (secondary N) is 3. The number of halogens is 3. The van der Waals surface area contributed by atoms with Crippen molar-refractivity contribution in [2.45, 2.75) is 11.1 Å². The van der Waals surface area contributed by atoms with Gasteiger partial charge in [0, 0.05) is 18.9 Å². The molecule has 0 aliphatic heterocycles. The Bertz CT molecular complexity index is 871. The first kappa shape index (κ1) is 18.5. The number of amides is 2. The first-order valence-corrected chi connectivity index (χ1v) is 8.25. The lowest BCUT2D eigenvalue weighted by atomic mass is 10.2. The number of urea groups is 1. The van der Waals surface area contributed by atoms with Crippen molar-refractivity contribution in [3.05, 3.63) is 48.2 Å². The van der Waals surface area contributed by atoms with E-state index in [1.807, 2.05) is 5.32 Å². The Kier molecular flexibility index (Phi) is 5.16. The largest absolute Gasteiger partial charge is 0.417 e. The highest BCUT2D eigenvalue weighted by atomic mass is 32.2. The van der Waals surface area contributed by atoms with Crippen LogP contribution in [0.3, 0.4) is 0 Å². The molecule has 3 N–H and O–H groups in total. The molecule has 0 atom stereocenters. The minimum absolute atomic E-state index is 0.0592. The molecule has 0 fully saturated rings. The second kappa shape index (κ2) is 6.97. The molecule has 0 radical (unpaired) electrons. The van der Waals surface area contributed by atoms with E-state index in [4.69, 9.17) is 0 Å². The number of anilines is 2. The Hall–Kier alpha value is -2.82. The Morgan fingerprint density at radius 2 is 1.88 bits per heavy atom. The number of benzene rings is 1. The first-order chi connectivity index (χ1) is 11.6. The van der Waals surface area contributed by atoms with Gasteiger partial charge in [-0.25, -0.2) is 22.9 Å². The van der Waals surface area contributed by atoms with Gasteiger partial charge in [0.15, 0.2) is 0 Å². The molecule has 25 heavy (non-hydrogen) atoms. The summed E-state index contributed by atoms with van der Waals surface area (Å²) in [4.78, 5) is 14.1. The molecule has 0 bridgehead atoms. The molecule has 0 saturated heterocycles. The molecule has 0 aliphatic rings. The highest BCUT2D eigenvalue weighted by molar-refractivity contribution is 7.90. The number of pyridine rings is 1. The molecule has 0 aliphatic carbocycles. The van der Waals surface area contributed by atoms with Crippen molar-refractivity contribution in [3.8, 4) is 0 Å². The summed E-state index contributed by atoms with van der Waals surface area (Å²) in [6.07, 6.45) is -3.46. The maximum absolute atomic E-state index is 13.1. The standard InChI is InChI=1S/C14H13F3N4O3S/c1-18-13(22)21-25(23,24)11-8-9(5-6-10(11)14(15,16)17)20-12-4-2-3-7-19-12/h2-8H,1H3,(H,19,20)(H2,18,21,22). The second-order valence-corrected chi connectivity index (χ2v) is 6.38. The van der Waals surface area contributed by atoms with E-state index < -0.39 is 32.7 Å². The van der Waals surface area contributed by atoms with Crippen LogP contribution in [0.4, 0.5) is 29.5 Å². The molecule has 11 heteroatoms. The fraction of sp³-hybridized carbons (Fsp3) is 0.143. The van der Waals surface area contributed by atoms with Gasteiger partial charge in [-0.2, -0.15) is 13.2 Å². The Labute approximate surface area is 141 Å². The molecule has 1 heterocycles. The zero-order valence-corrected chi connectivity index (χ0v) is 13.6. The predicted molar refractivity (Wildman–Crippen MR) is 83.7 cm³/mol. The molecule has 134 valence electrons. The number of hydrogen-bond acceptors (Lipinski definition) is 5. The zero-order chi connectivity index (χ0) is 18.7. The van der Waals surface area contributed by atoms with Crippen molar-refractivity contribution in [1.82, 2.24) is 15.0 Å². The van der Waals surface area contributed by atoms with Crippen LogP contribution in [0.25, 0.3) is 0 Å². The summed E-state index contributed by atoms with van der Waals surface area (Å²) in [6, 6.07) is 6.14. The summed E-state index contributed by atoms with van der Waals surface area (Å²) in [6.45, 7) is 0. The summed E-state index contributed by atoms with van der Waals surface area (Å²) in [5.41, 5.74) is -1.33. The van der Waals surface area contributed by atoms with E-state index in [0.29, 0.717) is 11.9 Å². The molecule has 1 aromatic heterocycles. The van der Waals surface area contributed by atoms with Gasteiger partial charge in [-0.15, -0.1) is 0 Å². The highest BCUT2D eigenvalue weighted by Gasteiger charge is 2.37. The summed E-state index contributed by atoms with van der Waals surface area (Å²) in [7, 11) is -3.61. The average molecular weight is 374 g/mol. The molecule has 0 unspecified atom stereocenters. The van der Waals surface area contributed by atoms with Crippen molar-refractivity contribution < 1.29 is 26.4 Å². The number of aromatic nitrogens is 1. The number of sulfonamides is 1. The normalized spacial score (nSPS) is 11.7. The smallest absolute Gasteiger partial charge is 0.340 e. The van der Waals surface area contributed by atoms with Gasteiger partial charge in [0.25, 0.3) is 10.0 Å². The number of carbonyl (C=O) groups excluding carboxylic acids is 1. The maximum atomic E-state index is 13.1. The van der Waals surface area contributed by atoms with Crippen molar-refractivity contribution in [2.75, 3.05) is 12.4 Å². The molecule has 2 aromatic rings. The highest BCUT2D eigenvalue weighted by Crippen LogP contribution is 2.35. The SMILES string of the molecule is CNC(=O)NS(=O)(=O)c1cc(Nc2ccccn2)ccc1C(F)(F)F. The van der Waals surface area contributed by atoms with E-state index in [1.165, 1.54) is 10.9 Å². The van der Waals surface area contributed by atoms with Gasteiger partial charge in [0.2, 0.25) is 0 Å². The zero-order valence-electron chi connectivity index (χ0n) is 12.8. The van der Waals surface area contributed by atoms with E-state index in [2.05, 4.69) is 10.3 Å². The molecule has 2 rings (SSSR count). The molecule has 1 aromatic carbocycles. The van der Waals surface area contributed by atoms with Gasteiger partial charge < -0.3 is 10.6 Å². The van der Waals surface area contributed by atoms with Crippen LogP contribution in [-0.2, 0) is 16.2 Å². The summed E-state index contributed by atoms with van der Waals surface area (Å²) in [5, 5.41) is 4.66. The lowest BCUT2D eigenvalue weighted by molar-refractivity contribution is -0.139. The summed E-state index contributed by atoms with van der Waals surface area (Å²) >= 11 is 0. The molecular weight excluding hydrogens is 361 g/mol. The monoisotopic (exact) mass is 374 g/mol. The average Bonchev–Trinajstić information content (AvgIpc) is 2.54. The van der Waals surface area contributed by atoms with E-state index in [-0.39, 0.29) is 5.69 Å². The van der Waals surface area contributed by atoms with Gasteiger partial charge in [0.05, 0.1) is 5.56 Å². The summed E-state index contributed by atoms with van der Waals surface area (Å²) < 4.78 is 65.2. The third-order valence-electron chi connectivity index (χ3n) is 2.97. The quantitative estimate of drug-likeness (QED) is 0.763. The molecule has 7 nitrogen and oxygen atoms in total. The van der Waals surface area contributed by atoms with Crippen molar-refractivity contribution in [1.29, 1.82) is 0 Å². The Morgan fingerprint density at radius 1 is 1.16 bits per heavy atom. The minimum Gasteiger partial charge on any atom is -0.340 e. The second-order valence-electron chi connectivity index (χ2n) is 4.73. The van der Waals surface area contributed by atoms with Gasteiger partial charge >= 0.3 is 12.2 Å². The lowest BCUT2D eigenvalue weighted by Gasteiger charge is -2.15. The number of nitrogens with zero attached hydrogens (tertiary/aromatic N) is 1. The number of rotatable bonds is 4. The molecule has 0 saturated carbocycles. The van der Waals surface area contributed by atoms with Crippen LogP contribution in [0.5, 0.6) is 0 Å². The van der Waals surface area contributed by atoms with Crippen molar-refractivity contribution in [3.63, 3.8) is 0 Å². The van der Waals surface area contributed by atoms with E-state index in [9.17, 15) is 26.4 Å². The number of alkyl halides is 3. The van der Waals surface area contributed by atoms with Crippen molar-refractivity contribution >= 4 is 27.6 Å². The number of hydrogen-bond donors (Lipinski definition) is 3. The molecular formula is C14H13F3N4O3S. The van der Waals surface area contributed by atoms with E-state index >= 15 is 0 Å². The van der Waals surface area contributed by atoms with Crippen LogP contribution in [0.2, 0.25) is 0 Å². The third kappa shape index (κ3) is 4.59. The fourth-order valence-corrected chi connectivity index (χ4v) is 3.08. The van der Waals surface area contributed by atoms with E-state index in [0.717, 1.165) is 19.2 Å². The molecule has 2 amide bonds. The lowest BCUT2D eigenvalue weighted by Crippen LogP contribution is -2.38. The minimum atomic E-state index is -4.92. The topological polar surface area (TPSA) is 100 Å². The van der Waals surface area contributed by atoms with Gasteiger partial charge in [-0.1, -0.05) is 6.07 Å². The van der Waals surface area contributed by atoms with Crippen LogP contribution in [0.1, 0.15) is 5.56 Å². The van der Waals surface area contributed by atoms with Gasteiger partial charge in [-0.05, 0) is 30.3 Å². The van der Waals surface area contributed by atoms with Crippen molar-refractivity contribution in [2.24, 2.45) is 0 Å². The summed E-state index contributed by atoms with van der Waals surface area (Å²) in [5.74, 6) is 0.310. The molecule has 0 spiro atoms. The van der Waals surface area contributed by atoms with Crippen LogP contribution in [-0.4, -0.2) is 26.5 Å². The Morgan fingerprint density at radius 3 is 2.44 bits per heavy atom. The van der Waals surface area contributed by atoms with E-state index in [1.54, 1.807) is 18.2 Å². The maximum Gasteiger partial charge on any atom is 0.417 e. The van der Waals surface area contributed by atoms with Crippen LogP contribution >= 0.6 is 0 Å². The fourth-order valence-electron chi connectivity index (χ4n) is 1.87. The Balaban J connectivity index is 2.50. The van der Waals surface area contributed by atoms with Crippen LogP contribution in [0, 0.1) is 0 Å². The van der Waals surface area contributed by atoms with Gasteiger partial charge in [0.1, 0.15) is 10.7 Å². The van der Waals surface area contributed by atoms with Crippen LogP contribution in [0.15, 0.2) is 47.5 Å². The predicted octanol–water partition coefficient (Wildman–Crippen LogP) is 2.46. The van der Waals surface area contributed by atoms with Gasteiger partial charge in [-0.3, -0.25) is 0 Å².